The molecule has 17 heteroatoms. The summed E-state index contributed by atoms with van der Waals surface area (Å²) in [6.45, 7) is 1.99. The van der Waals surface area contributed by atoms with Crippen molar-refractivity contribution < 1.29 is 76.0 Å². The molecule has 9 rings (SSSR count). The van der Waals surface area contributed by atoms with Crippen LogP contribution in [0.4, 0.5) is 4.79 Å². The Kier molecular flexibility index (Phi) is 25.0. The van der Waals surface area contributed by atoms with Gasteiger partial charge >= 0.3 is 24.0 Å². The second-order valence-electron chi connectivity index (χ2n) is 21.0. The minimum Gasteiger partial charge on any atom is -0.459 e. The van der Waals surface area contributed by atoms with E-state index in [0.717, 1.165) is 34.2 Å². The van der Waals surface area contributed by atoms with Crippen LogP contribution in [-0.2, 0) is 94.7 Å². The van der Waals surface area contributed by atoms with Gasteiger partial charge in [0.2, 0.25) is 0 Å². The Morgan fingerprint density at radius 2 is 0.839 bits per heavy atom. The lowest BCUT2D eigenvalue weighted by Crippen LogP contribution is -2.67. The number of rotatable bonds is 31. The summed E-state index contributed by atoms with van der Waals surface area (Å²) >= 11 is 0. The topological polar surface area (TPSA) is 191 Å². The molecule has 0 unspecified atom stereocenters. The van der Waals surface area contributed by atoms with Gasteiger partial charge in [0.1, 0.15) is 49.8 Å². The van der Waals surface area contributed by atoms with Crippen LogP contribution >= 0.6 is 0 Å². The highest BCUT2D eigenvalue weighted by molar-refractivity contribution is 5.90. The number of carbonyl (C=O) groups is 4. The van der Waals surface area contributed by atoms with Crippen molar-refractivity contribution in [2.24, 2.45) is 0 Å². The summed E-state index contributed by atoms with van der Waals surface area (Å²) in [5.41, 5.74) is 4.89. The van der Waals surface area contributed by atoms with E-state index in [1.165, 1.54) is 6.92 Å². The maximum absolute atomic E-state index is 14.5. The molecule has 0 spiro atoms. The van der Waals surface area contributed by atoms with Crippen LogP contribution in [-0.4, -0.2) is 112 Å². The van der Waals surface area contributed by atoms with Gasteiger partial charge in [0.05, 0.1) is 44.2 Å². The Bertz CT molecular complexity index is 3110. The zero-order valence-electron chi connectivity index (χ0n) is 48.7. The van der Waals surface area contributed by atoms with E-state index < -0.39 is 92.0 Å². The lowest BCUT2D eigenvalue weighted by molar-refractivity contribution is -0.370. The third kappa shape index (κ3) is 20.0. The molecule has 7 aromatic carbocycles. The average molecular weight is 1190 g/mol. The predicted molar refractivity (Wildman–Crippen MR) is 320 cm³/mol. The van der Waals surface area contributed by atoms with Crippen molar-refractivity contribution in [2.45, 2.75) is 127 Å². The Balaban J connectivity index is 1.05. The van der Waals surface area contributed by atoms with Crippen LogP contribution in [0.3, 0.4) is 0 Å². The summed E-state index contributed by atoms with van der Waals surface area (Å²) in [6, 6.07) is 65.0. The molecule has 0 aliphatic carbocycles. The molecule has 0 radical (unpaired) electrons. The quantitative estimate of drug-likeness (QED) is 0.0245. The molecule has 0 aromatic heterocycles. The van der Waals surface area contributed by atoms with Crippen LogP contribution in [0.25, 0.3) is 0 Å². The second-order valence-corrected chi connectivity index (χ2v) is 21.0. The third-order valence-electron chi connectivity index (χ3n) is 14.5. The summed E-state index contributed by atoms with van der Waals surface area (Å²) in [5, 5.41) is 2.81. The smallest absolute Gasteiger partial charge is 0.407 e. The molecule has 2 heterocycles. The summed E-state index contributed by atoms with van der Waals surface area (Å²) < 4.78 is 79.3. The van der Waals surface area contributed by atoms with Crippen LogP contribution in [0, 0.1) is 0 Å². The summed E-state index contributed by atoms with van der Waals surface area (Å²) in [7, 11) is 0. The SMILES string of the molecule is CC(=O)O[C@@H]1[C@H](O[C@H]2O[C@H](COCc3ccccc3)[C@H](OCc3ccccc3)[C@H](OCc3ccccc3)[C@H]2OCc2ccccc2)[C@@H](OC(=O)c2ccccc2)[C@H](OCCCCCCNC(=O)OCc2ccccc2)O[C@@H]1COC(=O)c1ccccc1. The molecule has 10 atom stereocenters. The van der Waals surface area contributed by atoms with Crippen molar-refractivity contribution in [3.8, 4) is 0 Å². The lowest BCUT2D eigenvalue weighted by Gasteiger charge is -2.49. The Morgan fingerprint density at radius 1 is 0.391 bits per heavy atom. The van der Waals surface area contributed by atoms with Gasteiger partial charge in [-0.25, -0.2) is 14.4 Å². The number of hydrogen-bond donors (Lipinski definition) is 1. The van der Waals surface area contributed by atoms with E-state index in [0.29, 0.717) is 25.8 Å². The molecule has 2 saturated heterocycles. The van der Waals surface area contributed by atoms with Gasteiger partial charge in [-0.05, 0) is 64.9 Å². The van der Waals surface area contributed by atoms with Gasteiger partial charge in [0.15, 0.2) is 24.8 Å². The Hall–Kier alpha value is -8.10. The molecule has 456 valence electrons. The first-order chi connectivity index (χ1) is 42.7. The monoisotopic (exact) mass is 1190 g/mol. The fourth-order valence-electron chi connectivity index (χ4n) is 10.1. The molecule has 2 fully saturated rings. The summed E-state index contributed by atoms with van der Waals surface area (Å²) in [5.74, 6) is -2.17. The van der Waals surface area contributed by atoms with E-state index in [1.807, 2.05) is 152 Å². The normalized spacial score (nSPS) is 21.7. The molecule has 7 aromatic rings. The van der Waals surface area contributed by atoms with Gasteiger partial charge in [-0.2, -0.15) is 0 Å². The van der Waals surface area contributed by atoms with Crippen molar-refractivity contribution in [3.05, 3.63) is 251 Å². The number of esters is 3. The van der Waals surface area contributed by atoms with E-state index >= 15 is 0 Å². The van der Waals surface area contributed by atoms with Crippen LogP contribution in [0.1, 0.15) is 81.1 Å². The van der Waals surface area contributed by atoms with E-state index in [-0.39, 0.29) is 57.4 Å². The fraction of sp³-hybridized carbons (Fsp3) is 0.343. The van der Waals surface area contributed by atoms with Crippen LogP contribution in [0.2, 0.25) is 0 Å². The largest absolute Gasteiger partial charge is 0.459 e. The third-order valence-corrected chi connectivity index (χ3v) is 14.5. The fourth-order valence-corrected chi connectivity index (χ4v) is 10.1. The highest BCUT2D eigenvalue weighted by Gasteiger charge is 2.56. The number of alkyl carbamates (subject to hydrolysis) is 1. The molecule has 2 aliphatic rings. The molecular formula is C70H75NO16. The van der Waals surface area contributed by atoms with E-state index in [4.69, 9.17) is 56.8 Å². The zero-order chi connectivity index (χ0) is 60.3. The van der Waals surface area contributed by atoms with Gasteiger partial charge in [-0.1, -0.05) is 201 Å². The molecule has 0 bridgehead atoms. The molecule has 1 N–H and O–H groups in total. The summed E-state index contributed by atoms with van der Waals surface area (Å²) in [4.78, 5) is 54.2. The number of hydrogen-bond acceptors (Lipinski definition) is 16. The van der Waals surface area contributed by atoms with Gasteiger partial charge in [0.25, 0.3) is 0 Å². The van der Waals surface area contributed by atoms with Crippen molar-refractivity contribution in [1.82, 2.24) is 5.32 Å². The molecule has 2 aliphatic heterocycles. The predicted octanol–water partition coefficient (Wildman–Crippen LogP) is 11.3. The van der Waals surface area contributed by atoms with Crippen molar-refractivity contribution in [2.75, 3.05) is 26.4 Å². The molecule has 1 amide bonds. The van der Waals surface area contributed by atoms with Crippen LogP contribution in [0.15, 0.2) is 212 Å². The van der Waals surface area contributed by atoms with Gasteiger partial charge in [-0.15, -0.1) is 0 Å². The molecule has 0 saturated carbocycles. The number of ether oxygens (including phenoxy) is 12. The second kappa shape index (κ2) is 34.3. The van der Waals surface area contributed by atoms with Crippen LogP contribution in [0.5, 0.6) is 0 Å². The number of nitrogens with one attached hydrogen (secondary N) is 1. The number of carbonyl (C=O) groups excluding carboxylic acids is 4. The standard InChI is InChI=1S/C70H75NO16/c1-50(72)83-61-59(49-81-66(73)56-37-21-9-22-38-56)84-68(77-42-26-3-2-25-41-71-70(75)82-47-55-35-19-8-20-36-55)65(86-67(74)57-39-23-10-24-40-57)63(61)87-69-64(80-46-54-33-17-7-18-34-54)62(79-45-53-31-15-6-16-32-53)60(78-44-52-29-13-5-14-30-52)58(85-69)48-76-43-51-27-11-4-12-28-51/h4-24,27-40,58-65,68-69H,2-3,25-26,41-49H2,1H3,(H,71,75)/t58-,59-,60+,61+,62+,63+,64-,65-,68-,69-/m1/s1. The highest BCUT2D eigenvalue weighted by Crippen LogP contribution is 2.37. The van der Waals surface area contributed by atoms with Crippen molar-refractivity contribution in [3.63, 3.8) is 0 Å². The number of amides is 1. The summed E-state index contributed by atoms with van der Waals surface area (Å²) in [6.07, 6.45) is -10.3. The van der Waals surface area contributed by atoms with E-state index in [9.17, 15) is 19.2 Å². The maximum atomic E-state index is 14.5. The first kappa shape index (κ1) is 63.4. The molecule has 17 nitrogen and oxygen atoms in total. The molecular weight excluding hydrogens is 1110 g/mol. The first-order valence-corrected chi connectivity index (χ1v) is 29.5. The van der Waals surface area contributed by atoms with Crippen molar-refractivity contribution in [1.29, 1.82) is 0 Å². The van der Waals surface area contributed by atoms with E-state index in [1.54, 1.807) is 60.7 Å². The van der Waals surface area contributed by atoms with Gasteiger partial charge < -0.3 is 62.2 Å². The lowest BCUT2D eigenvalue weighted by atomic mass is 9.95. The Labute approximate surface area is 508 Å². The minimum atomic E-state index is -1.49. The number of benzene rings is 7. The molecule has 87 heavy (non-hydrogen) atoms. The average Bonchev–Trinajstić information content (AvgIpc) is 2.18. The maximum Gasteiger partial charge on any atom is 0.407 e. The minimum absolute atomic E-state index is 0.0173. The highest BCUT2D eigenvalue weighted by atomic mass is 16.8. The van der Waals surface area contributed by atoms with Gasteiger partial charge in [0, 0.05) is 20.1 Å². The zero-order valence-corrected chi connectivity index (χ0v) is 48.7. The van der Waals surface area contributed by atoms with Crippen LogP contribution < -0.4 is 5.32 Å². The van der Waals surface area contributed by atoms with E-state index in [2.05, 4.69) is 5.32 Å². The Morgan fingerprint density at radius 3 is 1.38 bits per heavy atom. The van der Waals surface area contributed by atoms with Gasteiger partial charge in [-0.3, -0.25) is 4.79 Å². The van der Waals surface area contributed by atoms with Crippen molar-refractivity contribution >= 4 is 24.0 Å². The first-order valence-electron chi connectivity index (χ1n) is 29.5. The number of unbranched alkanes of at least 4 members (excludes halogenated alkanes) is 3.